The number of aliphatic hydroxyl groups excluding tert-OH is 1. The van der Waals surface area contributed by atoms with Crippen LogP contribution in [0.4, 0.5) is 0 Å². The van der Waals surface area contributed by atoms with Crippen molar-refractivity contribution >= 4 is 5.91 Å². The molecule has 0 aromatic rings. The van der Waals surface area contributed by atoms with Crippen LogP contribution in [-0.4, -0.2) is 72.7 Å². The molecule has 1 amide bonds. The Kier molecular flexibility index (Phi) is 6.60. The minimum absolute atomic E-state index is 0.0749. The summed E-state index contributed by atoms with van der Waals surface area (Å²) in [6.07, 6.45) is 2.07. The lowest BCUT2D eigenvalue weighted by atomic mass is 10.2. The van der Waals surface area contributed by atoms with Crippen LogP contribution in [0.5, 0.6) is 0 Å². The number of β-amino-alcohol motifs (C(OH)–C–C–N with tert-alkyl or cyclic N) is 1. The van der Waals surface area contributed by atoms with E-state index < -0.39 is 6.10 Å². The van der Waals surface area contributed by atoms with Crippen LogP contribution in [0.1, 0.15) is 26.7 Å². The van der Waals surface area contributed by atoms with Gasteiger partial charge in [0.25, 0.3) is 0 Å². The molecule has 1 saturated heterocycles. The molecule has 0 aromatic carbocycles. The third-order valence-electron chi connectivity index (χ3n) is 3.55. The Morgan fingerprint density at radius 2 is 2.06 bits per heavy atom. The van der Waals surface area contributed by atoms with E-state index in [0.29, 0.717) is 19.6 Å². The minimum Gasteiger partial charge on any atom is -0.390 e. The molecule has 2 unspecified atom stereocenters. The van der Waals surface area contributed by atoms with Crippen LogP contribution in [-0.2, 0) is 4.79 Å². The summed E-state index contributed by atoms with van der Waals surface area (Å²) in [5, 5.41) is 13.0. The second-order valence-electron chi connectivity index (χ2n) is 5.14. The zero-order valence-electron chi connectivity index (χ0n) is 11.9. The minimum atomic E-state index is -0.398. The Morgan fingerprint density at radius 1 is 1.44 bits per heavy atom. The maximum Gasteiger partial charge on any atom is 0.239 e. The first-order valence-electron chi connectivity index (χ1n) is 6.93. The van der Waals surface area contributed by atoms with Crippen molar-refractivity contribution in [3.05, 3.63) is 0 Å². The van der Waals surface area contributed by atoms with Crippen molar-refractivity contribution in [3.63, 3.8) is 0 Å². The molecule has 1 aliphatic rings. The van der Waals surface area contributed by atoms with Gasteiger partial charge in [0.05, 0.1) is 12.1 Å². The van der Waals surface area contributed by atoms with Crippen LogP contribution in [0, 0.1) is 0 Å². The summed E-state index contributed by atoms with van der Waals surface area (Å²) >= 11 is 0. The largest absolute Gasteiger partial charge is 0.390 e. The highest BCUT2D eigenvalue weighted by Crippen LogP contribution is 2.07. The van der Waals surface area contributed by atoms with E-state index in [1.54, 1.807) is 11.9 Å². The van der Waals surface area contributed by atoms with Gasteiger partial charge >= 0.3 is 0 Å². The Bertz CT molecular complexity index is 255. The summed E-state index contributed by atoms with van der Waals surface area (Å²) in [6, 6.07) is -0.233. The fourth-order valence-electron chi connectivity index (χ4n) is 2.21. The van der Waals surface area contributed by atoms with Crippen molar-refractivity contribution < 1.29 is 9.90 Å². The van der Waals surface area contributed by atoms with Gasteiger partial charge in [0.15, 0.2) is 0 Å². The highest BCUT2D eigenvalue weighted by Gasteiger charge is 2.19. The molecule has 106 valence electrons. The standard InChI is InChI=1S/C13H27N3O2/c1-4-15(3)13(18)11(2)14-9-12(17)10-16-7-5-6-8-16/h11-12,14,17H,4-10H2,1-3H3. The van der Waals surface area contributed by atoms with Gasteiger partial charge in [-0.3, -0.25) is 4.79 Å². The third kappa shape index (κ3) is 4.92. The molecule has 0 spiro atoms. The number of carbonyl (C=O) groups is 1. The normalized spacial score (nSPS) is 19.8. The van der Waals surface area contributed by atoms with Crippen molar-refractivity contribution in [1.29, 1.82) is 0 Å². The average molecular weight is 257 g/mol. The Labute approximate surface area is 110 Å². The van der Waals surface area contributed by atoms with Crippen LogP contribution in [0.15, 0.2) is 0 Å². The fourth-order valence-corrected chi connectivity index (χ4v) is 2.21. The molecule has 5 nitrogen and oxygen atoms in total. The van der Waals surface area contributed by atoms with Gasteiger partial charge in [0.1, 0.15) is 0 Å². The summed E-state index contributed by atoms with van der Waals surface area (Å²) in [5.74, 6) is 0.0749. The first kappa shape index (κ1) is 15.4. The molecule has 0 saturated carbocycles. The summed E-state index contributed by atoms with van der Waals surface area (Å²) in [5.41, 5.74) is 0. The van der Waals surface area contributed by atoms with Crippen molar-refractivity contribution in [2.24, 2.45) is 0 Å². The molecule has 0 aliphatic carbocycles. The van der Waals surface area contributed by atoms with Gasteiger partial charge in [0.2, 0.25) is 5.91 Å². The monoisotopic (exact) mass is 257 g/mol. The van der Waals surface area contributed by atoms with Crippen LogP contribution in [0.2, 0.25) is 0 Å². The lowest BCUT2D eigenvalue weighted by Gasteiger charge is -2.23. The smallest absolute Gasteiger partial charge is 0.239 e. The molecule has 2 atom stereocenters. The molecular weight excluding hydrogens is 230 g/mol. The van der Waals surface area contributed by atoms with Crippen LogP contribution < -0.4 is 5.32 Å². The second-order valence-corrected chi connectivity index (χ2v) is 5.14. The van der Waals surface area contributed by atoms with Crippen molar-refractivity contribution in [2.45, 2.75) is 38.8 Å². The van der Waals surface area contributed by atoms with Crippen LogP contribution in [0.3, 0.4) is 0 Å². The summed E-state index contributed by atoms with van der Waals surface area (Å²) in [4.78, 5) is 15.8. The Morgan fingerprint density at radius 3 is 2.61 bits per heavy atom. The molecule has 2 N–H and O–H groups in total. The lowest BCUT2D eigenvalue weighted by molar-refractivity contribution is -0.131. The topological polar surface area (TPSA) is 55.8 Å². The molecule has 5 heteroatoms. The summed E-state index contributed by atoms with van der Waals surface area (Å²) in [6.45, 7) is 7.86. The van der Waals surface area contributed by atoms with Crippen LogP contribution >= 0.6 is 0 Å². The van der Waals surface area contributed by atoms with E-state index in [-0.39, 0.29) is 11.9 Å². The number of nitrogens with one attached hydrogen (secondary N) is 1. The number of nitrogens with zero attached hydrogens (tertiary/aromatic N) is 2. The fraction of sp³-hybridized carbons (Fsp3) is 0.923. The number of rotatable bonds is 7. The highest BCUT2D eigenvalue weighted by atomic mass is 16.3. The molecule has 1 rings (SSSR count). The van der Waals surface area contributed by atoms with Gasteiger partial charge in [-0.2, -0.15) is 0 Å². The third-order valence-corrected chi connectivity index (χ3v) is 3.55. The first-order valence-corrected chi connectivity index (χ1v) is 6.93. The molecule has 1 fully saturated rings. The van der Waals surface area contributed by atoms with E-state index in [1.807, 2.05) is 13.8 Å². The summed E-state index contributed by atoms with van der Waals surface area (Å²) in [7, 11) is 1.79. The molecule has 0 aromatic heterocycles. The Hall–Kier alpha value is -0.650. The van der Waals surface area contributed by atoms with Gasteiger partial charge < -0.3 is 20.2 Å². The van der Waals surface area contributed by atoms with Crippen molar-refractivity contribution in [3.8, 4) is 0 Å². The maximum absolute atomic E-state index is 11.8. The van der Waals surface area contributed by atoms with E-state index in [2.05, 4.69) is 10.2 Å². The number of carbonyl (C=O) groups excluding carboxylic acids is 1. The predicted octanol–water partition coefficient (Wildman–Crippen LogP) is -0.100. The summed E-state index contributed by atoms with van der Waals surface area (Å²) < 4.78 is 0. The second kappa shape index (κ2) is 7.71. The highest BCUT2D eigenvalue weighted by molar-refractivity contribution is 5.81. The molecule has 1 heterocycles. The first-order chi connectivity index (χ1) is 8.54. The van der Waals surface area contributed by atoms with Crippen molar-refractivity contribution in [2.75, 3.05) is 39.8 Å². The Balaban J connectivity index is 2.20. The molecular formula is C13H27N3O2. The zero-order chi connectivity index (χ0) is 13.5. The van der Waals surface area contributed by atoms with Gasteiger partial charge in [-0.15, -0.1) is 0 Å². The van der Waals surface area contributed by atoms with Gasteiger partial charge in [-0.25, -0.2) is 0 Å². The number of hydrogen-bond donors (Lipinski definition) is 2. The lowest BCUT2D eigenvalue weighted by Crippen LogP contribution is -2.47. The number of amides is 1. The SMILES string of the molecule is CCN(C)C(=O)C(C)NCC(O)CN1CCCC1. The molecule has 0 radical (unpaired) electrons. The molecule has 1 aliphatic heterocycles. The van der Waals surface area contributed by atoms with E-state index in [4.69, 9.17) is 0 Å². The zero-order valence-corrected chi connectivity index (χ0v) is 11.9. The molecule has 0 bridgehead atoms. The van der Waals surface area contributed by atoms with Gasteiger partial charge in [-0.05, 0) is 39.8 Å². The van der Waals surface area contributed by atoms with Crippen molar-refractivity contribution in [1.82, 2.24) is 15.1 Å². The van der Waals surface area contributed by atoms with E-state index in [1.165, 1.54) is 12.8 Å². The average Bonchev–Trinajstić information content (AvgIpc) is 2.86. The maximum atomic E-state index is 11.8. The predicted molar refractivity (Wildman–Crippen MR) is 72.5 cm³/mol. The van der Waals surface area contributed by atoms with E-state index in [9.17, 15) is 9.90 Å². The van der Waals surface area contributed by atoms with E-state index in [0.717, 1.165) is 13.1 Å². The number of likely N-dealkylation sites (N-methyl/N-ethyl adjacent to an activating group) is 1. The van der Waals surface area contributed by atoms with Gasteiger partial charge in [0, 0.05) is 26.7 Å². The number of hydrogen-bond acceptors (Lipinski definition) is 4. The van der Waals surface area contributed by atoms with E-state index >= 15 is 0 Å². The number of aliphatic hydroxyl groups is 1. The quantitative estimate of drug-likeness (QED) is 0.669. The van der Waals surface area contributed by atoms with Gasteiger partial charge in [-0.1, -0.05) is 0 Å². The number of likely N-dealkylation sites (tertiary alicyclic amines) is 1. The molecule has 18 heavy (non-hydrogen) atoms. The van der Waals surface area contributed by atoms with Crippen LogP contribution in [0.25, 0.3) is 0 Å².